The second-order valence-corrected chi connectivity index (χ2v) is 5.66. The molecule has 0 bridgehead atoms. The summed E-state index contributed by atoms with van der Waals surface area (Å²) < 4.78 is 0. The fourth-order valence-corrected chi connectivity index (χ4v) is 2.52. The highest BCUT2D eigenvalue weighted by molar-refractivity contribution is 6.07. The number of nitrogens with zero attached hydrogens (tertiary/aromatic N) is 2. The normalized spacial score (nSPS) is 10.4. The minimum atomic E-state index is -0.193. The van der Waals surface area contributed by atoms with Crippen LogP contribution in [0.4, 0.5) is 0 Å². The number of nitrogens with one attached hydrogen (secondary N) is 2. The molecule has 134 valence electrons. The van der Waals surface area contributed by atoms with Gasteiger partial charge in [-0.2, -0.15) is 0 Å². The monoisotopic (exact) mass is 364 g/mol. The van der Waals surface area contributed by atoms with Crippen LogP contribution in [-0.2, 0) is 0 Å². The van der Waals surface area contributed by atoms with Crippen molar-refractivity contribution < 1.29 is 10.3 Å². The van der Waals surface area contributed by atoms with Gasteiger partial charge in [0.25, 0.3) is 5.91 Å². The van der Waals surface area contributed by atoms with Gasteiger partial charge < -0.3 is 20.7 Å². The van der Waals surface area contributed by atoms with E-state index in [4.69, 9.17) is 0 Å². The summed E-state index contributed by atoms with van der Waals surface area (Å²) in [7, 11) is 3.89. The van der Waals surface area contributed by atoms with Gasteiger partial charge in [-0.3, -0.25) is 14.6 Å². The molecule has 4 N–H and O–H groups in total. The maximum atomic E-state index is 12.6. The van der Waals surface area contributed by atoms with E-state index in [0.717, 1.165) is 6.54 Å². The summed E-state index contributed by atoms with van der Waals surface area (Å²) in [5.41, 5.74) is 1.58. The summed E-state index contributed by atoms with van der Waals surface area (Å²) in [6.45, 7) is 1.30. The van der Waals surface area contributed by atoms with Gasteiger partial charge in [0.15, 0.2) is 5.43 Å². The second kappa shape index (κ2) is 8.57. The maximum Gasteiger partial charge on any atom is 0.253 e. The Morgan fingerprint density at radius 2 is 2.00 bits per heavy atom. The summed E-state index contributed by atoms with van der Waals surface area (Å²) in [6.07, 6.45) is 3.15. The summed E-state index contributed by atoms with van der Waals surface area (Å²) in [5, 5.41) is 3.89. The van der Waals surface area contributed by atoms with E-state index in [-0.39, 0.29) is 29.2 Å². The molecule has 1 aromatic carbocycles. The van der Waals surface area contributed by atoms with Crippen molar-refractivity contribution >= 4 is 40.1 Å². The second-order valence-electron chi connectivity index (χ2n) is 5.66. The van der Waals surface area contributed by atoms with Crippen LogP contribution in [0, 0.1) is 0 Å². The number of H-pyrrole nitrogens is 1. The van der Waals surface area contributed by atoms with E-state index in [1.165, 1.54) is 6.20 Å². The highest BCUT2D eigenvalue weighted by atomic mass is 35.5. The summed E-state index contributed by atoms with van der Waals surface area (Å²) in [6, 6.07) is 6.89. The molecule has 0 saturated carbocycles. The molecule has 1 amide bonds. The molecule has 25 heavy (non-hydrogen) atoms. The first-order valence-corrected chi connectivity index (χ1v) is 7.39. The van der Waals surface area contributed by atoms with Crippen molar-refractivity contribution in [2.24, 2.45) is 0 Å². The van der Waals surface area contributed by atoms with Crippen LogP contribution in [0.5, 0.6) is 0 Å². The zero-order valence-corrected chi connectivity index (χ0v) is 14.8. The number of amides is 1. The molecule has 0 atom stereocenters. The standard InChI is InChI=1S/C17H18N4O2.ClH.H2O/c1-21(2)9-8-19-17(23)12-5-3-4-11-15(12)20-14-6-7-18-10-13(14)16(11)22;;/h3-7,10H,8-9H2,1-2H3,(H,19,23)(H,20,22);1H;1H2. The van der Waals surface area contributed by atoms with Crippen molar-refractivity contribution in [3.8, 4) is 0 Å². The van der Waals surface area contributed by atoms with E-state index in [1.54, 1.807) is 30.5 Å². The predicted octanol–water partition coefficient (Wildman–Crippen LogP) is 0.965. The van der Waals surface area contributed by atoms with Crippen LogP contribution in [0.15, 0.2) is 41.5 Å². The van der Waals surface area contributed by atoms with Crippen molar-refractivity contribution in [1.29, 1.82) is 0 Å². The van der Waals surface area contributed by atoms with Crippen LogP contribution >= 0.6 is 12.4 Å². The minimum absolute atomic E-state index is 0. The van der Waals surface area contributed by atoms with E-state index < -0.39 is 0 Å². The lowest BCUT2D eigenvalue weighted by Crippen LogP contribution is -2.31. The molecule has 3 aromatic rings. The number of para-hydroxylation sites is 1. The molecule has 0 spiro atoms. The molecule has 8 heteroatoms. The van der Waals surface area contributed by atoms with Crippen LogP contribution in [0.25, 0.3) is 21.8 Å². The van der Waals surface area contributed by atoms with E-state index in [1.807, 2.05) is 19.0 Å². The van der Waals surface area contributed by atoms with Gasteiger partial charge in [-0.1, -0.05) is 6.07 Å². The Balaban J connectivity index is 0.00000156. The molecule has 2 aromatic heterocycles. The average Bonchev–Trinajstić information content (AvgIpc) is 2.54. The van der Waals surface area contributed by atoms with Crippen LogP contribution < -0.4 is 10.7 Å². The number of hydrogen-bond acceptors (Lipinski definition) is 4. The number of carbonyl (C=O) groups is 1. The van der Waals surface area contributed by atoms with Crippen molar-refractivity contribution in [3.63, 3.8) is 0 Å². The molecule has 0 fully saturated rings. The quantitative estimate of drug-likeness (QED) is 0.672. The van der Waals surface area contributed by atoms with Gasteiger partial charge in [0, 0.05) is 30.9 Å². The topological polar surface area (TPSA) is 110 Å². The molecule has 0 radical (unpaired) electrons. The SMILES string of the molecule is CN(C)CCNC(=O)c1cccc2c(=O)c3cnccc3[nH]c12.Cl.O. The van der Waals surface area contributed by atoms with Gasteiger partial charge in [0.2, 0.25) is 0 Å². The lowest BCUT2D eigenvalue weighted by atomic mass is 10.1. The van der Waals surface area contributed by atoms with Crippen LogP contribution in [0.1, 0.15) is 10.4 Å². The van der Waals surface area contributed by atoms with Gasteiger partial charge in [0.1, 0.15) is 0 Å². The Morgan fingerprint density at radius 3 is 2.72 bits per heavy atom. The molecule has 0 aliphatic heterocycles. The Labute approximate surface area is 150 Å². The largest absolute Gasteiger partial charge is 0.412 e. The highest BCUT2D eigenvalue weighted by Crippen LogP contribution is 2.17. The molecule has 0 aliphatic carbocycles. The van der Waals surface area contributed by atoms with Gasteiger partial charge in [0.05, 0.1) is 22.0 Å². The highest BCUT2D eigenvalue weighted by Gasteiger charge is 2.13. The van der Waals surface area contributed by atoms with Crippen molar-refractivity contribution in [3.05, 3.63) is 52.4 Å². The minimum Gasteiger partial charge on any atom is -0.412 e. The number of aromatic nitrogens is 2. The Kier molecular flexibility index (Phi) is 7.05. The predicted molar refractivity (Wildman–Crippen MR) is 102 cm³/mol. The van der Waals surface area contributed by atoms with E-state index >= 15 is 0 Å². The summed E-state index contributed by atoms with van der Waals surface area (Å²) in [5.74, 6) is -0.193. The fraction of sp³-hybridized carbons (Fsp3) is 0.235. The first-order chi connectivity index (χ1) is 11.1. The van der Waals surface area contributed by atoms with Gasteiger partial charge >= 0.3 is 0 Å². The van der Waals surface area contributed by atoms with Crippen molar-refractivity contribution in [1.82, 2.24) is 20.2 Å². The molecular formula is C17H21ClN4O3. The van der Waals surface area contributed by atoms with E-state index in [2.05, 4.69) is 15.3 Å². The number of benzene rings is 1. The lowest BCUT2D eigenvalue weighted by Gasteiger charge is -2.12. The molecular weight excluding hydrogens is 344 g/mol. The molecule has 0 saturated heterocycles. The van der Waals surface area contributed by atoms with Crippen LogP contribution in [0.2, 0.25) is 0 Å². The third kappa shape index (κ3) is 4.14. The first-order valence-electron chi connectivity index (χ1n) is 7.39. The third-order valence-corrected chi connectivity index (χ3v) is 3.72. The smallest absolute Gasteiger partial charge is 0.253 e. The van der Waals surface area contributed by atoms with E-state index in [0.29, 0.717) is 33.9 Å². The zero-order valence-electron chi connectivity index (χ0n) is 14.0. The number of likely N-dealkylation sites (N-methyl/N-ethyl adjacent to an activating group) is 1. The Hall–Kier alpha value is -2.48. The van der Waals surface area contributed by atoms with E-state index in [9.17, 15) is 9.59 Å². The van der Waals surface area contributed by atoms with Crippen LogP contribution in [0.3, 0.4) is 0 Å². The van der Waals surface area contributed by atoms with Crippen LogP contribution in [-0.4, -0.2) is 53.4 Å². The summed E-state index contributed by atoms with van der Waals surface area (Å²) >= 11 is 0. The number of carbonyl (C=O) groups excluding carboxylic acids is 1. The zero-order chi connectivity index (χ0) is 16.4. The molecule has 0 unspecified atom stereocenters. The maximum absolute atomic E-state index is 12.6. The summed E-state index contributed by atoms with van der Waals surface area (Å²) in [4.78, 5) is 34.2. The van der Waals surface area contributed by atoms with Gasteiger partial charge in [-0.15, -0.1) is 12.4 Å². The molecule has 0 aliphatic rings. The number of aromatic amines is 1. The average molecular weight is 365 g/mol. The van der Waals surface area contributed by atoms with Crippen molar-refractivity contribution in [2.75, 3.05) is 27.2 Å². The number of halogens is 1. The van der Waals surface area contributed by atoms with Gasteiger partial charge in [-0.05, 0) is 32.3 Å². The molecule has 2 heterocycles. The number of hydrogen-bond donors (Lipinski definition) is 2. The molecule has 3 rings (SSSR count). The number of rotatable bonds is 4. The number of pyridine rings is 2. The Bertz CT molecular complexity index is 940. The first kappa shape index (κ1) is 20.6. The van der Waals surface area contributed by atoms with Crippen molar-refractivity contribution in [2.45, 2.75) is 0 Å². The fourth-order valence-electron chi connectivity index (χ4n) is 2.52. The Morgan fingerprint density at radius 1 is 1.24 bits per heavy atom. The number of fused-ring (bicyclic) bond motifs is 2. The molecule has 7 nitrogen and oxygen atoms in total. The van der Waals surface area contributed by atoms with Gasteiger partial charge in [-0.25, -0.2) is 0 Å². The lowest BCUT2D eigenvalue weighted by molar-refractivity contribution is 0.0952. The third-order valence-electron chi connectivity index (χ3n) is 3.72.